The van der Waals surface area contributed by atoms with Gasteiger partial charge in [-0.1, -0.05) is 23.7 Å². The molecule has 1 fully saturated rings. The number of carbonyl (C=O) groups is 1. The van der Waals surface area contributed by atoms with Gasteiger partial charge in [0.05, 0.1) is 20.8 Å². The van der Waals surface area contributed by atoms with E-state index in [1.807, 2.05) is 42.5 Å². The highest BCUT2D eigenvalue weighted by Crippen LogP contribution is 2.29. The molecule has 0 spiro atoms. The van der Waals surface area contributed by atoms with Crippen LogP contribution in [0.2, 0.25) is 5.02 Å². The highest BCUT2D eigenvalue weighted by molar-refractivity contribution is 6.30. The Kier molecular flexibility index (Phi) is 5.46. The molecule has 2 aromatic rings. The summed E-state index contributed by atoms with van der Waals surface area (Å²) in [4.78, 5) is 14.1. The molecule has 1 atom stereocenters. The van der Waals surface area contributed by atoms with Crippen molar-refractivity contribution >= 4 is 17.5 Å². The Bertz CT molecular complexity index is 748. The van der Waals surface area contributed by atoms with Crippen LogP contribution in [0.4, 0.5) is 0 Å². The normalized spacial score (nSPS) is 17.5. The predicted octanol–water partition coefficient (Wildman–Crippen LogP) is 3.46. The summed E-state index contributed by atoms with van der Waals surface area (Å²) in [5.41, 5.74) is 1.93. The molecule has 25 heavy (non-hydrogen) atoms. The first-order chi connectivity index (χ1) is 12.1. The number of amides is 1. The number of benzene rings is 2. The summed E-state index contributed by atoms with van der Waals surface area (Å²) in [7, 11) is 3.21. The minimum absolute atomic E-state index is 0.0388. The van der Waals surface area contributed by atoms with E-state index in [0.29, 0.717) is 29.6 Å². The molecule has 1 heterocycles. The highest BCUT2D eigenvalue weighted by atomic mass is 35.5. The Hall–Kier alpha value is -2.24. The summed E-state index contributed by atoms with van der Waals surface area (Å²) in [6.45, 7) is 1.00. The Morgan fingerprint density at radius 1 is 1.16 bits per heavy atom. The van der Waals surface area contributed by atoms with E-state index in [4.69, 9.17) is 25.8 Å². The number of hydrogen-bond donors (Lipinski definition) is 0. The monoisotopic (exact) mass is 361 g/mol. The smallest absolute Gasteiger partial charge is 0.249 e. The fourth-order valence-electron chi connectivity index (χ4n) is 2.84. The minimum atomic E-state index is -0.167. The summed E-state index contributed by atoms with van der Waals surface area (Å²) in [5.74, 6) is 1.37. The molecule has 2 aromatic carbocycles. The number of rotatable bonds is 5. The number of carbonyl (C=O) groups excluding carboxylic acids is 1. The lowest BCUT2D eigenvalue weighted by Crippen LogP contribution is -2.42. The van der Waals surface area contributed by atoms with Crippen LogP contribution in [0, 0.1) is 0 Å². The molecule has 3 rings (SSSR count). The first kappa shape index (κ1) is 17.6. The second-order valence-corrected chi connectivity index (χ2v) is 6.24. The van der Waals surface area contributed by atoms with Crippen LogP contribution in [0.1, 0.15) is 17.2 Å². The minimum Gasteiger partial charge on any atom is -0.497 e. The van der Waals surface area contributed by atoms with Crippen LogP contribution in [0.3, 0.4) is 0 Å². The van der Waals surface area contributed by atoms with Crippen LogP contribution >= 0.6 is 11.6 Å². The molecular formula is C19H20ClNO4. The van der Waals surface area contributed by atoms with E-state index in [1.165, 1.54) is 0 Å². The van der Waals surface area contributed by atoms with E-state index in [2.05, 4.69) is 0 Å². The molecule has 1 amide bonds. The molecule has 0 radical (unpaired) electrons. The first-order valence-electron chi connectivity index (χ1n) is 7.96. The van der Waals surface area contributed by atoms with Crippen molar-refractivity contribution in [2.75, 3.05) is 27.4 Å². The predicted molar refractivity (Wildman–Crippen MR) is 95.1 cm³/mol. The van der Waals surface area contributed by atoms with Crippen molar-refractivity contribution < 1.29 is 19.0 Å². The molecule has 0 bridgehead atoms. The van der Waals surface area contributed by atoms with Crippen molar-refractivity contribution in [1.82, 2.24) is 4.90 Å². The maximum absolute atomic E-state index is 12.3. The van der Waals surface area contributed by atoms with Crippen molar-refractivity contribution in [3.63, 3.8) is 0 Å². The van der Waals surface area contributed by atoms with Gasteiger partial charge in [-0.3, -0.25) is 4.79 Å². The van der Waals surface area contributed by atoms with Gasteiger partial charge in [-0.25, -0.2) is 0 Å². The molecule has 6 heteroatoms. The molecule has 1 saturated heterocycles. The topological polar surface area (TPSA) is 48.0 Å². The lowest BCUT2D eigenvalue weighted by atomic mass is 10.1. The third-order valence-corrected chi connectivity index (χ3v) is 4.50. The van der Waals surface area contributed by atoms with Crippen LogP contribution in [-0.2, 0) is 16.1 Å². The van der Waals surface area contributed by atoms with Gasteiger partial charge in [0.1, 0.15) is 24.2 Å². The molecule has 0 N–H and O–H groups in total. The molecule has 0 saturated carbocycles. The lowest BCUT2D eigenvalue weighted by molar-refractivity contribution is -0.150. The second kappa shape index (κ2) is 7.76. The van der Waals surface area contributed by atoms with Gasteiger partial charge in [-0.15, -0.1) is 0 Å². The van der Waals surface area contributed by atoms with Gasteiger partial charge in [-0.2, -0.15) is 0 Å². The van der Waals surface area contributed by atoms with Crippen LogP contribution in [0.15, 0.2) is 42.5 Å². The summed E-state index contributed by atoms with van der Waals surface area (Å²) in [6, 6.07) is 13.1. The highest BCUT2D eigenvalue weighted by Gasteiger charge is 2.28. The average Bonchev–Trinajstić information content (AvgIpc) is 2.64. The van der Waals surface area contributed by atoms with Crippen LogP contribution in [-0.4, -0.2) is 38.2 Å². The van der Waals surface area contributed by atoms with Crippen LogP contribution < -0.4 is 9.47 Å². The zero-order valence-electron chi connectivity index (χ0n) is 14.2. The summed E-state index contributed by atoms with van der Waals surface area (Å²) in [6.07, 6.45) is -0.167. The quantitative estimate of drug-likeness (QED) is 0.818. The van der Waals surface area contributed by atoms with Crippen molar-refractivity contribution in [1.29, 1.82) is 0 Å². The van der Waals surface area contributed by atoms with Gasteiger partial charge in [0.15, 0.2) is 0 Å². The average molecular weight is 362 g/mol. The molecule has 1 aliphatic heterocycles. The van der Waals surface area contributed by atoms with Gasteiger partial charge >= 0.3 is 0 Å². The van der Waals surface area contributed by atoms with Gasteiger partial charge in [0.25, 0.3) is 0 Å². The van der Waals surface area contributed by atoms with Gasteiger partial charge in [0.2, 0.25) is 5.91 Å². The first-order valence-corrected chi connectivity index (χ1v) is 8.34. The molecule has 0 aliphatic carbocycles. The molecule has 132 valence electrons. The van der Waals surface area contributed by atoms with Crippen LogP contribution in [0.5, 0.6) is 11.5 Å². The van der Waals surface area contributed by atoms with E-state index < -0.39 is 0 Å². The van der Waals surface area contributed by atoms with E-state index >= 15 is 0 Å². The Morgan fingerprint density at radius 3 is 2.60 bits per heavy atom. The van der Waals surface area contributed by atoms with E-state index in [-0.39, 0.29) is 18.6 Å². The number of morpholine rings is 1. The summed E-state index contributed by atoms with van der Waals surface area (Å²) < 4.78 is 16.3. The van der Waals surface area contributed by atoms with Crippen molar-refractivity contribution in [2.24, 2.45) is 0 Å². The fourth-order valence-corrected chi connectivity index (χ4v) is 2.96. The van der Waals surface area contributed by atoms with Crippen molar-refractivity contribution in [3.8, 4) is 11.5 Å². The molecule has 1 unspecified atom stereocenters. The van der Waals surface area contributed by atoms with E-state index in [0.717, 1.165) is 11.1 Å². The number of ether oxygens (including phenoxy) is 3. The number of nitrogens with zero attached hydrogens (tertiary/aromatic N) is 1. The maximum Gasteiger partial charge on any atom is 0.249 e. The second-order valence-electron chi connectivity index (χ2n) is 5.80. The lowest BCUT2D eigenvalue weighted by Gasteiger charge is -2.33. The largest absolute Gasteiger partial charge is 0.497 e. The Balaban J connectivity index is 1.77. The van der Waals surface area contributed by atoms with E-state index in [9.17, 15) is 4.79 Å². The van der Waals surface area contributed by atoms with Gasteiger partial charge < -0.3 is 19.1 Å². The van der Waals surface area contributed by atoms with Gasteiger partial charge in [0, 0.05) is 23.2 Å². The summed E-state index contributed by atoms with van der Waals surface area (Å²) >= 11 is 5.94. The number of halogens is 1. The molecule has 5 nitrogen and oxygen atoms in total. The third kappa shape index (κ3) is 4.06. The van der Waals surface area contributed by atoms with E-state index in [1.54, 1.807) is 19.1 Å². The number of methoxy groups -OCH3 is 2. The SMILES string of the molecule is COc1ccc(CN2CC(c3ccc(Cl)cc3)OCC2=O)c(OC)c1. The summed E-state index contributed by atoms with van der Waals surface area (Å²) in [5, 5.41) is 0.676. The fraction of sp³-hybridized carbons (Fsp3) is 0.316. The molecule has 0 aromatic heterocycles. The zero-order valence-corrected chi connectivity index (χ0v) is 15.0. The van der Waals surface area contributed by atoms with Crippen molar-refractivity contribution in [2.45, 2.75) is 12.6 Å². The molecular weight excluding hydrogens is 342 g/mol. The van der Waals surface area contributed by atoms with Crippen molar-refractivity contribution in [3.05, 3.63) is 58.6 Å². The Morgan fingerprint density at radius 2 is 1.92 bits per heavy atom. The van der Waals surface area contributed by atoms with Crippen LogP contribution in [0.25, 0.3) is 0 Å². The zero-order chi connectivity index (χ0) is 17.8. The third-order valence-electron chi connectivity index (χ3n) is 4.24. The molecule has 1 aliphatic rings. The number of hydrogen-bond acceptors (Lipinski definition) is 4. The Labute approximate surface area is 152 Å². The maximum atomic E-state index is 12.3. The standard InChI is InChI=1S/C19H20ClNO4/c1-23-16-8-5-14(17(9-16)24-2)10-21-11-18(25-12-19(21)22)13-3-6-15(20)7-4-13/h3-9,18H,10-12H2,1-2H3. The van der Waals surface area contributed by atoms with Gasteiger partial charge in [-0.05, 0) is 29.8 Å².